The van der Waals surface area contributed by atoms with Gasteiger partial charge < -0.3 is 29.7 Å². The van der Waals surface area contributed by atoms with Crippen LogP contribution in [0.2, 0.25) is 5.02 Å². The number of rotatable bonds is 5. The number of halogens is 2. The number of amides is 2. The summed E-state index contributed by atoms with van der Waals surface area (Å²) >= 11 is 5.80. The Morgan fingerprint density at radius 1 is 1.30 bits per heavy atom. The van der Waals surface area contributed by atoms with E-state index in [4.69, 9.17) is 20.9 Å². The fourth-order valence-corrected chi connectivity index (χ4v) is 4.10. The monoisotopic (exact) mass is 532 g/mol. The molecule has 0 aliphatic carbocycles. The Bertz CT molecular complexity index is 1270. The van der Waals surface area contributed by atoms with Crippen molar-refractivity contribution in [3.05, 3.63) is 64.3 Å². The van der Waals surface area contributed by atoms with Crippen LogP contribution in [0.15, 0.2) is 40.9 Å². The van der Waals surface area contributed by atoms with Gasteiger partial charge in [0.15, 0.2) is 0 Å². The molecule has 2 aliphatic heterocycles. The number of piperidine rings is 1. The number of fused-ring (bicyclic) bond motifs is 1. The van der Waals surface area contributed by atoms with Crippen LogP contribution in [0.25, 0.3) is 11.4 Å². The molecule has 5 rings (SSSR count). The molecule has 1 aromatic heterocycles. The van der Waals surface area contributed by atoms with Gasteiger partial charge >= 0.3 is 6.09 Å². The first kappa shape index (κ1) is 26.4. The number of nitrogens with one attached hydrogen (secondary N) is 1. The molecule has 12 heteroatoms. The van der Waals surface area contributed by atoms with Gasteiger partial charge in [0.25, 0.3) is 11.8 Å². The van der Waals surface area contributed by atoms with Crippen LogP contribution < -0.4 is 5.32 Å². The van der Waals surface area contributed by atoms with Crippen molar-refractivity contribution in [2.75, 3.05) is 13.2 Å². The van der Waals surface area contributed by atoms with Crippen molar-refractivity contribution < 1.29 is 33.5 Å². The molecule has 3 heterocycles. The Kier molecular flexibility index (Phi) is 8.24. The minimum Gasteiger partial charge on any atom is -0.507 e. The highest BCUT2D eigenvalue weighted by Crippen LogP contribution is 2.30. The standard InChI is InChI=1S/C18H15ClFN3O4.C7H11NO2/c1-9(24)18-22-16(23-27-18)13-6-14(20)12(7-15(13)25)17(26)21-8-10-2-4-11(19)5-3-10;9-7-8-4-2-1-3-6(8)5-10-7/h2-7,9,24-25H,8H2,1H3,(H,21,26);6H,1-5H2. The Morgan fingerprint density at radius 3 is 2.73 bits per heavy atom. The van der Waals surface area contributed by atoms with Crippen LogP contribution in [0.4, 0.5) is 9.18 Å². The molecule has 0 spiro atoms. The molecule has 2 amide bonds. The molecule has 2 saturated heterocycles. The van der Waals surface area contributed by atoms with E-state index in [0.717, 1.165) is 37.1 Å². The third kappa shape index (κ3) is 6.36. The van der Waals surface area contributed by atoms with E-state index in [2.05, 4.69) is 15.5 Å². The third-order valence-electron chi connectivity index (χ3n) is 6.00. The number of hydrogen-bond donors (Lipinski definition) is 3. The minimum atomic E-state index is -1.00. The number of aliphatic hydroxyl groups is 1. The number of cyclic esters (lactones) is 1. The fraction of sp³-hybridized carbons (Fsp3) is 0.360. The van der Waals surface area contributed by atoms with Gasteiger partial charge in [0.2, 0.25) is 5.82 Å². The van der Waals surface area contributed by atoms with Crippen molar-refractivity contribution >= 4 is 23.6 Å². The summed E-state index contributed by atoms with van der Waals surface area (Å²) in [5.41, 5.74) is 0.397. The van der Waals surface area contributed by atoms with Crippen molar-refractivity contribution in [1.82, 2.24) is 20.4 Å². The van der Waals surface area contributed by atoms with Crippen LogP contribution in [-0.2, 0) is 11.3 Å². The molecule has 2 aromatic carbocycles. The van der Waals surface area contributed by atoms with Gasteiger partial charge in [-0.15, -0.1) is 0 Å². The van der Waals surface area contributed by atoms with Gasteiger partial charge in [0.05, 0.1) is 17.2 Å². The first-order valence-electron chi connectivity index (χ1n) is 11.7. The summed E-state index contributed by atoms with van der Waals surface area (Å²) in [7, 11) is 0. The normalized spacial score (nSPS) is 17.4. The molecule has 3 aromatic rings. The predicted octanol–water partition coefficient (Wildman–Crippen LogP) is 4.21. The number of carbonyl (C=O) groups excluding carboxylic acids is 2. The maximum absolute atomic E-state index is 14.4. The summed E-state index contributed by atoms with van der Waals surface area (Å²) < 4.78 is 24.1. The van der Waals surface area contributed by atoms with Crippen molar-refractivity contribution in [1.29, 1.82) is 0 Å². The number of aromatic nitrogens is 2. The number of carbonyl (C=O) groups is 2. The average Bonchev–Trinajstić information content (AvgIpc) is 3.53. The van der Waals surface area contributed by atoms with E-state index in [1.807, 2.05) is 4.90 Å². The van der Waals surface area contributed by atoms with E-state index in [1.54, 1.807) is 24.3 Å². The van der Waals surface area contributed by atoms with Gasteiger partial charge in [-0.2, -0.15) is 4.98 Å². The van der Waals surface area contributed by atoms with Gasteiger partial charge in [0, 0.05) is 18.1 Å². The largest absolute Gasteiger partial charge is 0.507 e. The van der Waals surface area contributed by atoms with E-state index >= 15 is 0 Å². The lowest BCUT2D eigenvalue weighted by Gasteiger charge is -2.25. The van der Waals surface area contributed by atoms with E-state index < -0.39 is 23.6 Å². The number of benzene rings is 2. The van der Waals surface area contributed by atoms with E-state index in [-0.39, 0.29) is 35.5 Å². The average molecular weight is 533 g/mol. The highest BCUT2D eigenvalue weighted by molar-refractivity contribution is 6.30. The zero-order valence-corrected chi connectivity index (χ0v) is 20.7. The first-order chi connectivity index (χ1) is 17.7. The highest BCUT2D eigenvalue weighted by Gasteiger charge is 2.34. The molecule has 10 nitrogen and oxygen atoms in total. The van der Waals surface area contributed by atoms with Crippen LogP contribution >= 0.6 is 11.6 Å². The van der Waals surface area contributed by atoms with Gasteiger partial charge in [-0.1, -0.05) is 28.9 Å². The molecule has 196 valence electrons. The van der Waals surface area contributed by atoms with E-state index in [0.29, 0.717) is 17.7 Å². The maximum atomic E-state index is 14.4. The zero-order chi connectivity index (χ0) is 26.5. The molecule has 2 unspecified atom stereocenters. The number of nitrogens with zero attached hydrogens (tertiary/aromatic N) is 3. The predicted molar refractivity (Wildman–Crippen MR) is 130 cm³/mol. The zero-order valence-electron chi connectivity index (χ0n) is 20.0. The number of aliphatic hydroxyl groups excluding tert-OH is 1. The second kappa shape index (κ2) is 11.6. The Labute approximate surface area is 217 Å². The lowest BCUT2D eigenvalue weighted by atomic mass is 10.0. The van der Waals surface area contributed by atoms with Gasteiger partial charge in [-0.25, -0.2) is 9.18 Å². The Morgan fingerprint density at radius 2 is 2.05 bits per heavy atom. The molecule has 0 saturated carbocycles. The van der Waals surface area contributed by atoms with Crippen molar-refractivity contribution in [2.24, 2.45) is 0 Å². The molecule has 2 fully saturated rings. The number of ether oxygens (including phenoxy) is 1. The maximum Gasteiger partial charge on any atom is 0.410 e. The Hall–Kier alpha value is -3.70. The number of hydrogen-bond acceptors (Lipinski definition) is 8. The molecule has 2 aliphatic rings. The van der Waals surface area contributed by atoms with Crippen LogP contribution in [-0.4, -0.2) is 56.4 Å². The molecule has 0 radical (unpaired) electrons. The lowest BCUT2D eigenvalue weighted by molar-refractivity contribution is 0.0946. The van der Waals surface area contributed by atoms with Crippen LogP contribution in [0.1, 0.15) is 54.1 Å². The summed E-state index contributed by atoms with van der Waals surface area (Å²) in [6, 6.07) is 9.14. The number of phenols is 1. The lowest BCUT2D eigenvalue weighted by Crippen LogP contribution is -2.37. The van der Waals surface area contributed by atoms with Gasteiger partial charge in [0.1, 0.15) is 24.3 Å². The quantitative estimate of drug-likeness (QED) is 0.444. The van der Waals surface area contributed by atoms with Crippen molar-refractivity contribution in [2.45, 2.75) is 44.9 Å². The summed E-state index contributed by atoms with van der Waals surface area (Å²) in [6.45, 7) is 3.12. The molecular formula is C25H26ClFN4O6. The highest BCUT2D eigenvalue weighted by atomic mass is 35.5. The smallest absolute Gasteiger partial charge is 0.410 e. The molecule has 2 atom stereocenters. The minimum absolute atomic E-state index is 0.0580. The molecule has 0 bridgehead atoms. The van der Waals surface area contributed by atoms with Crippen molar-refractivity contribution in [3.8, 4) is 17.1 Å². The fourth-order valence-electron chi connectivity index (χ4n) is 3.97. The van der Waals surface area contributed by atoms with E-state index in [9.17, 15) is 24.2 Å². The van der Waals surface area contributed by atoms with Crippen LogP contribution in [0, 0.1) is 5.82 Å². The second-order valence-electron chi connectivity index (χ2n) is 8.71. The summed E-state index contributed by atoms with van der Waals surface area (Å²) in [6.07, 6.45) is 2.41. The first-order valence-corrected chi connectivity index (χ1v) is 12.1. The number of aromatic hydroxyl groups is 1. The number of phenolic OH excluding ortho intramolecular Hbond substituents is 1. The second-order valence-corrected chi connectivity index (χ2v) is 9.15. The van der Waals surface area contributed by atoms with Gasteiger partial charge in [-0.05, 0) is 56.0 Å². The van der Waals surface area contributed by atoms with Crippen LogP contribution in [0.3, 0.4) is 0 Å². The topological polar surface area (TPSA) is 138 Å². The summed E-state index contributed by atoms with van der Waals surface area (Å²) in [4.78, 5) is 28.9. The van der Waals surface area contributed by atoms with Crippen LogP contribution in [0.5, 0.6) is 5.75 Å². The Balaban J connectivity index is 0.000000265. The third-order valence-corrected chi connectivity index (χ3v) is 6.25. The summed E-state index contributed by atoms with van der Waals surface area (Å²) in [5.74, 6) is -2.13. The van der Waals surface area contributed by atoms with E-state index in [1.165, 1.54) is 13.3 Å². The van der Waals surface area contributed by atoms with Gasteiger partial charge in [-0.3, -0.25) is 4.79 Å². The molecule has 3 N–H and O–H groups in total. The molecular weight excluding hydrogens is 507 g/mol. The van der Waals surface area contributed by atoms with Crippen molar-refractivity contribution in [3.63, 3.8) is 0 Å². The molecule has 37 heavy (non-hydrogen) atoms. The summed E-state index contributed by atoms with van der Waals surface area (Å²) in [5, 5.41) is 26.3. The SMILES string of the molecule is CC(O)c1nc(-c2cc(F)c(C(=O)NCc3ccc(Cl)cc3)cc2O)no1.O=C1OCC2CCCCN12.